The van der Waals surface area contributed by atoms with Gasteiger partial charge in [-0.2, -0.15) is 0 Å². The summed E-state index contributed by atoms with van der Waals surface area (Å²) >= 11 is 0. The van der Waals surface area contributed by atoms with Crippen molar-refractivity contribution in [2.45, 2.75) is 13.8 Å². The van der Waals surface area contributed by atoms with Crippen LogP contribution >= 0.6 is 0 Å². The van der Waals surface area contributed by atoms with E-state index in [9.17, 15) is 14.0 Å². The first-order valence-electron chi connectivity index (χ1n) is 12.1. The molecule has 7 heteroatoms. The number of hydrogen-bond acceptors (Lipinski definition) is 6. The van der Waals surface area contributed by atoms with E-state index < -0.39 is 17.8 Å². The van der Waals surface area contributed by atoms with Gasteiger partial charge < -0.3 is 18.9 Å². The van der Waals surface area contributed by atoms with Gasteiger partial charge >= 0.3 is 11.9 Å². The lowest BCUT2D eigenvalue weighted by molar-refractivity contribution is -0.134. The average molecular weight is 549 g/mol. The van der Waals surface area contributed by atoms with Crippen LogP contribution in [-0.4, -0.2) is 11.9 Å². The highest BCUT2D eigenvalue weighted by molar-refractivity contribution is 5.87. The van der Waals surface area contributed by atoms with E-state index in [1.165, 1.54) is 38.5 Å². The van der Waals surface area contributed by atoms with Crippen LogP contribution in [0.3, 0.4) is 0 Å². The lowest BCUT2D eigenvalue weighted by atomic mass is 10.1. The molecule has 0 radical (unpaired) electrons. The third-order valence-electron chi connectivity index (χ3n) is 4.96. The van der Waals surface area contributed by atoms with Crippen molar-refractivity contribution in [2.75, 3.05) is 0 Å². The van der Waals surface area contributed by atoms with Gasteiger partial charge in [-0.3, -0.25) is 0 Å². The number of carbonyl (C=O) groups excluding carboxylic acids is 2. The summed E-state index contributed by atoms with van der Waals surface area (Å²) in [6.07, 6.45) is 4.63. The Morgan fingerprint density at radius 2 is 1.12 bits per heavy atom. The van der Waals surface area contributed by atoms with Crippen LogP contribution in [0.4, 0.5) is 4.39 Å². The molecule has 0 unspecified atom stereocenters. The molecule has 0 aliphatic rings. The van der Waals surface area contributed by atoms with Gasteiger partial charge in [0.15, 0.2) is 0 Å². The van der Waals surface area contributed by atoms with Crippen LogP contribution in [0.15, 0.2) is 116 Å². The SMILES string of the molecule is C=C(C)C(=O)OC=COc1ccccc1C#Cc1ccc(C#Cc2ccccc2OC=COC(=O)C(=C)C)c(F)c1. The van der Waals surface area contributed by atoms with Crippen molar-refractivity contribution in [1.82, 2.24) is 0 Å². The second-order valence-corrected chi connectivity index (χ2v) is 8.34. The van der Waals surface area contributed by atoms with Crippen LogP contribution in [0.5, 0.6) is 11.5 Å². The smallest absolute Gasteiger partial charge is 0.338 e. The Labute approximate surface area is 238 Å². The first-order valence-corrected chi connectivity index (χ1v) is 12.1. The molecule has 0 fully saturated rings. The highest BCUT2D eigenvalue weighted by atomic mass is 19.1. The second-order valence-electron chi connectivity index (χ2n) is 8.34. The molecule has 0 bridgehead atoms. The van der Waals surface area contributed by atoms with Crippen LogP contribution in [0.2, 0.25) is 0 Å². The summed E-state index contributed by atoms with van der Waals surface area (Å²) in [6.45, 7) is 10.1. The summed E-state index contributed by atoms with van der Waals surface area (Å²) in [5.41, 5.74) is 2.19. The molecule has 3 rings (SSSR count). The maximum atomic E-state index is 14.8. The Morgan fingerprint density at radius 1 is 0.659 bits per heavy atom. The van der Waals surface area contributed by atoms with Crippen molar-refractivity contribution in [2.24, 2.45) is 0 Å². The number of benzene rings is 3. The number of para-hydroxylation sites is 2. The molecule has 0 amide bonds. The predicted molar refractivity (Wildman–Crippen MR) is 153 cm³/mol. The minimum absolute atomic E-state index is 0.175. The van der Waals surface area contributed by atoms with E-state index in [0.717, 1.165) is 12.5 Å². The largest absolute Gasteiger partial charge is 0.460 e. The topological polar surface area (TPSA) is 71.1 Å². The predicted octanol–water partition coefficient (Wildman–Crippen LogP) is 6.56. The third-order valence-corrected chi connectivity index (χ3v) is 4.96. The van der Waals surface area contributed by atoms with E-state index >= 15 is 0 Å². The standard InChI is InChI=1S/C34H25FO6/c1-24(2)33(36)40-21-19-38-31-11-7-5-9-28(31)16-14-26-13-15-27(30(35)23-26)17-18-29-10-6-8-12-32(29)39-20-22-41-34(37)25(3)4/h5-13,15,19-23H,1,3H2,2,4H3. The van der Waals surface area contributed by atoms with E-state index in [-0.39, 0.29) is 16.7 Å². The number of rotatable bonds is 8. The quantitative estimate of drug-likeness (QED) is 0.137. The summed E-state index contributed by atoms with van der Waals surface area (Å²) in [5, 5.41) is 0. The second kappa shape index (κ2) is 15.0. The Morgan fingerprint density at radius 3 is 1.61 bits per heavy atom. The van der Waals surface area contributed by atoms with Crippen molar-refractivity contribution in [3.05, 3.63) is 144 Å². The molecular weight excluding hydrogens is 523 g/mol. The number of esters is 2. The fourth-order valence-electron chi connectivity index (χ4n) is 2.90. The maximum absolute atomic E-state index is 14.8. The lowest BCUT2D eigenvalue weighted by Crippen LogP contribution is -1.99. The van der Waals surface area contributed by atoms with E-state index in [2.05, 4.69) is 36.8 Å². The first-order chi connectivity index (χ1) is 19.7. The molecule has 0 saturated heterocycles. The summed E-state index contributed by atoms with van der Waals surface area (Å²) < 4.78 is 35.5. The summed E-state index contributed by atoms with van der Waals surface area (Å²) in [5.74, 6) is 10.7. The molecular formula is C34H25FO6. The average Bonchev–Trinajstić information content (AvgIpc) is 2.96. The number of ether oxygens (including phenoxy) is 4. The monoisotopic (exact) mass is 548 g/mol. The molecule has 0 spiro atoms. The van der Waals surface area contributed by atoms with Crippen LogP contribution in [0.25, 0.3) is 0 Å². The van der Waals surface area contributed by atoms with Crippen LogP contribution < -0.4 is 9.47 Å². The molecule has 204 valence electrons. The zero-order valence-corrected chi connectivity index (χ0v) is 22.4. The van der Waals surface area contributed by atoms with Crippen LogP contribution in [-0.2, 0) is 19.1 Å². The van der Waals surface area contributed by atoms with Gasteiger partial charge in [-0.05, 0) is 56.3 Å². The molecule has 0 heterocycles. The van der Waals surface area contributed by atoms with Gasteiger partial charge in [0.1, 0.15) is 42.4 Å². The van der Waals surface area contributed by atoms with Gasteiger partial charge in [0.2, 0.25) is 0 Å². The van der Waals surface area contributed by atoms with E-state index in [4.69, 9.17) is 18.9 Å². The fourth-order valence-corrected chi connectivity index (χ4v) is 2.90. The molecule has 0 N–H and O–H groups in total. The van der Waals surface area contributed by atoms with Gasteiger partial charge in [-0.15, -0.1) is 0 Å². The van der Waals surface area contributed by atoms with Gasteiger partial charge in [0.25, 0.3) is 0 Å². The van der Waals surface area contributed by atoms with Crippen molar-refractivity contribution in [3.8, 4) is 35.2 Å². The molecule has 41 heavy (non-hydrogen) atoms. The van der Waals surface area contributed by atoms with Crippen LogP contribution in [0, 0.1) is 29.5 Å². The zero-order valence-electron chi connectivity index (χ0n) is 22.4. The fraction of sp³-hybridized carbons (Fsp3) is 0.0588. The Bertz CT molecular complexity index is 1660. The highest BCUT2D eigenvalue weighted by Crippen LogP contribution is 2.19. The summed E-state index contributed by atoms with van der Waals surface area (Å²) in [7, 11) is 0. The van der Waals surface area contributed by atoms with Gasteiger partial charge in [0.05, 0.1) is 16.7 Å². The van der Waals surface area contributed by atoms with Gasteiger partial charge in [-0.25, -0.2) is 14.0 Å². The van der Waals surface area contributed by atoms with Gasteiger partial charge in [-0.1, -0.05) is 61.1 Å². The Balaban J connectivity index is 1.71. The highest BCUT2D eigenvalue weighted by Gasteiger charge is 2.04. The zero-order chi connectivity index (χ0) is 29.6. The summed E-state index contributed by atoms with van der Waals surface area (Å²) in [4.78, 5) is 22.9. The minimum atomic E-state index is -0.574. The van der Waals surface area contributed by atoms with Crippen molar-refractivity contribution in [1.29, 1.82) is 0 Å². The van der Waals surface area contributed by atoms with Crippen molar-refractivity contribution >= 4 is 11.9 Å². The molecule has 0 aliphatic heterocycles. The van der Waals surface area contributed by atoms with Crippen LogP contribution in [0.1, 0.15) is 36.1 Å². The first kappa shape index (κ1) is 29.8. The van der Waals surface area contributed by atoms with E-state index in [1.807, 2.05) is 0 Å². The lowest BCUT2D eigenvalue weighted by Gasteiger charge is -2.03. The third kappa shape index (κ3) is 9.47. The molecule has 0 aromatic heterocycles. The minimum Gasteiger partial charge on any atom is -0.460 e. The molecule has 0 aliphatic carbocycles. The molecule has 0 atom stereocenters. The normalized spacial score (nSPS) is 10.1. The molecule has 0 saturated carbocycles. The van der Waals surface area contributed by atoms with Crippen molar-refractivity contribution in [3.63, 3.8) is 0 Å². The number of halogens is 1. The number of carbonyl (C=O) groups is 2. The molecule has 3 aromatic rings. The molecule has 6 nitrogen and oxygen atoms in total. The van der Waals surface area contributed by atoms with E-state index in [0.29, 0.717) is 28.2 Å². The Hall–Kier alpha value is -5.79. The summed E-state index contributed by atoms with van der Waals surface area (Å²) in [6, 6.07) is 18.4. The molecule has 3 aromatic carbocycles. The van der Waals surface area contributed by atoms with Gasteiger partial charge in [0, 0.05) is 16.7 Å². The Kier molecular flexibility index (Phi) is 10.9. The maximum Gasteiger partial charge on any atom is 0.338 e. The number of hydrogen-bond donors (Lipinski definition) is 0. The van der Waals surface area contributed by atoms with E-state index in [1.54, 1.807) is 54.6 Å². The van der Waals surface area contributed by atoms with Crippen molar-refractivity contribution < 1.29 is 32.9 Å².